The van der Waals surface area contributed by atoms with Gasteiger partial charge in [0.25, 0.3) is 0 Å². The molecule has 0 heterocycles. The van der Waals surface area contributed by atoms with Crippen molar-refractivity contribution >= 4 is 5.57 Å². The van der Waals surface area contributed by atoms with Gasteiger partial charge in [-0.25, -0.2) is 0 Å². The van der Waals surface area contributed by atoms with E-state index in [0.717, 1.165) is 37.9 Å². The van der Waals surface area contributed by atoms with Crippen LogP contribution in [-0.2, 0) is 0 Å². The first-order valence-electron chi connectivity index (χ1n) is 6.87. The molecule has 1 aliphatic rings. The molecule has 1 fully saturated rings. The number of benzene rings is 1. The van der Waals surface area contributed by atoms with Gasteiger partial charge >= 0.3 is 0 Å². The molecular formula is C16H23NO. The molecule has 2 unspecified atom stereocenters. The van der Waals surface area contributed by atoms with Crippen molar-refractivity contribution in [2.75, 3.05) is 13.1 Å². The van der Waals surface area contributed by atoms with Gasteiger partial charge in [-0.1, -0.05) is 43.3 Å². The molecule has 18 heavy (non-hydrogen) atoms. The van der Waals surface area contributed by atoms with Gasteiger partial charge < -0.3 is 10.4 Å². The monoisotopic (exact) mass is 245 g/mol. The largest absolute Gasteiger partial charge is 0.393 e. The smallest absolute Gasteiger partial charge is 0.0543 e. The van der Waals surface area contributed by atoms with Gasteiger partial charge in [0.1, 0.15) is 0 Å². The highest BCUT2D eigenvalue weighted by atomic mass is 16.3. The normalized spacial score (nSPS) is 23.8. The molecular weight excluding hydrogens is 222 g/mol. The topological polar surface area (TPSA) is 32.3 Å². The third-order valence-corrected chi connectivity index (χ3v) is 3.71. The Bertz CT molecular complexity index is 374. The molecule has 1 aromatic rings. The highest BCUT2D eigenvalue weighted by molar-refractivity contribution is 5.64. The van der Waals surface area contributed by atoms with Gasteiger partial charge in [-0.3, -0.25) is 0 Å². The fourth-order valence-electron chi connectivity index (χ4n) is 2.65. The van der Waals surface area contributed by atoms with Crippen LogP contribution in [0.3, 0.4) is 0 Å². The van der Waals surface area contributed by atoms with Crippen LogP contribution in [0.25, 0.3) is 5.57 Å². The van der Waals surface area contributed by atoms with E-state index in [0.29, 0.717) is 5.92 Å². The van der Waals surface area contributed by atoms with Crippen LogP contribution < -0.4 is 5.32 Å². The van der Waals surface area contributed by atoms with E-state index in [-0.39, 0.29) is 6.10 Å². The number of nitrogens with one attached hydrogen (secondary N) is 1. The Morgan fingerprint density at radius 2 is 2.06 bits per heavy atom. The minimum Gasteiger partial charge on any atom is -0.393 e. The summed E-state index contributed by atoms with van der Waals surface area (Å²) in [5, 5.41) is 13.1. The van der Waals surface area contributed by atoms with E-state index >= 15 is 0 Å². The van der Waals surface area contributed by atoms with Crippen LogP contribution in [0.2, 0.25) is 0 Å². The van der Waals surface area contributed by atoms with Crippen LogP contribution in [0.4, 0.5) is 0 Å². The SMILES string of the molecule is C=C(CNCC1CCCC(O)C1)c1ccccc1. The molecule has 2 nitrogen and oxygen atoms in total. The lowest BCUT2D eigenvalue weighted by Gasteiger charge is -2.26. The Kier molecular flexibility index (Phi) is 4.97. The third kappa shape index (κ3) is 3.97. The average Bonchev–Trinajstić information content (AvgIpc) is 2.40. The van der Waals surface area contributed by atoms with Crippen LogP contribution in [0.5, 0.6) is 0 Å². The summed E-state index contributed by atoms with van der Waals surface area (Å²) in [4.78, 5) is 0. The molecule has 0 saturated heterocycles. The summed E-state index contributed by atoms with van der Waals surface area (Å²) >= 11 is 0. The molecule has 2 N–H and O–H groups in total. The first-order valence-corrected chi connectivity index (χ1v) is 6.87. The molecule has 2 rings (SSSR count). The summed E-state index contributed by atoms with van der Waals surface area (Å²) in [5.74, 6) is 0.623. The van der Waals surface area contributed by atoms with Crippen LogP contribution >= 0.6 is 0 Å². The third-order valence-electron chi connectivity index (χ3n) is 3.71. The number of aliphatic hydroxyl groups excluding tert-OH is 1. The summed E-state index contributed by atoms with van der Waals surface area (Å²) < 4.78 is 0. The van der Waals surface area contributed by atoms with Crippen LogP contribution in [0.15, 0.2) is 36.9 Å². The Morgan fingerprint density at radius 3 is 2.78 bits per heavy atom. The quantitative estimate of drug-likeness (QED) is 0.836. The second-order valence-corrected chi connectivity index (χ2v) is 5.29. The van der Waals surface area contributed by atoms with Crippen molar-refractivity contribution in [1.29, 1.82) is 0 Å². The number of rotatable bonds is 5. The molecule has 0 amide bonds. The van der Waals surface area contributed by atoms with Crippen molar-refractivity contribution in [3.8, 4) is 0 Å². The predicted molar refractivity (Wildman–Crippen MR) is 76.3 cm³/mol. The molecule has 1 aromatic carbocycles. The lowest BCUT2D eigenvalue weighted by atomic mass is 9.87. The maximum absolute atomic E-state index is 9.62. The maximum atomic E-state index is 9.62. The second kappa shape index (κ2) is 6.72. The number of aliphatic hydroxyl groups is 1. The first kappa shape index (κ1) is 13.3. The molecule has 1 aliphatic carbocycles. The van der Waals surface area contributed by atoms with Crippen LogP contribution in [0.1, 0.15) is 31.2 Å². The average molecular weight is 245 g/mol. The molecule has 1 saturated carbocycles. The minimum absolute atomic E-state index is 0.0807. The Hall–Kier alpha value is -1.12. The molecule has 2 atom stereocenters. The van der Waals surface area contributed by atoms with Crippen LogP contribution in [0, 0.1) is 5.92 Å². The standard InChI is InChI=1S/C16H23NO/c1-13(15-7-3-2-4-8-15)11-17-12-14-6-5-9-16(18)10-14/h2-4,7-8,14,16-18H,1,5-6,9-12H2. The molecule has 0 aliphatic heterocycles. The van der Waals surface area contributed by atoms with Gasteiger partial charge in [-0.05, 0) is 42.9 Å². The van der Waals surface area contributed by atoms with Crippen molar-refractivity contribution in [1.82, 2.24) is 5.32 Å². The zero-order chi connectivity index (χ0) is 12.8. The zero-order valence-electron chi connectivity index (χ0n) is 10.9. The van der Waals surface area contributed by atoms with Gasteiger partial charge in [-0.2, -0.15) is 0 Å². The lowest BCUT2D eigenvalue weighted by Crippen LogP contribution is -2.29. The van der Waals surface area contributed by atoms with Crippen molar-refractivity contribution in [2.45, 2.75) is 31.8 Å². The Labute approximate surface area is 110 Å². The molecule has 0 bridgehead atoms. The van der Waals surface area contributed by atoms with Crippen molar-refractivity contribution in [3.63, 3.8) is 0 Å². The molecule has 0 spiro atoms. The lowest BCUT2D eigenvalue weighted by molar-refractivity contribution is 0.101. The minimum atomic E-state index is -0.0807. The van der Waals surface area contributed by atoms with Gasteiger partial charge in [0.15, 0.2) is 0 Å². The zero-order valence-corrected chi connectivity index (χ0v) is 10.9. The van der Waals surface area contributed by atoms with Gasteiger partial charge in [0, 0.05) is 6.54 Å². The molecule has 0 radical (unpaired) electrons. The highest BCUT2D eigenvalue weighted by Gasteiger charge is 2.19. The van der Waals surface area contributed by atoms with Crippen molar-refractivity contribution in [2.24, 2.45) is 5.92 Å². The summed E-state index contributed by atoms with van der Waals surface area (Å²) in [6, 6.07) is 10.3. The van der Waals surface area contributed by atoms with Crippen molar-refractivity contribution < 1.29 is 5.11 Å². The Morgan fingerprint density at radius 1 is 1.28 bits per heavy atom. The van der Waals surface area contributed by atoms with E-state index in [4.69, 9.17) is 0 Å². The van der Waals surface area contributed by atoms with Gasteiger partial charge in [0.05, 0.1) is 6.10 Å². The van der Waals surface area contributed by atoms with E-state index in [1.807, 2.05) is 18.2 Å². The second-order valence-electron chi connectivity index (χ2n) is 5.29. The van der Waals surface area contributed by atoms with Gasteiger partial charge in [-0.15, -0.1) is 0 Å². The predicted octanol–water partition coefficient (Wildman–Crippen LogP) is 2.84. The van der Waals surface area contributed by atoms with E-state index in [2.05, 4.69) is 24.0 Å². The van der Waals surface area contributed by atoms with E-state index in [9.17, 15) is 5.11 Å². The molecule has 2 heteroatoms. The Balaban J connectivity index is 1.70. The van der Waals surface area contributed by atoms with Crippen LogP contribution in [-0.4, -0.2) is 24.3 Å². The first-order chi connectivity index (χ1) is 8.75. The number of hydrogen-bond donors (Lipinski definition) is 2. The van der Waals surface area contributed by atoms with Crippen molar-refractivity contribution in [3.05, 3.63) is 42.5 Å². The van der Waals surface area contributed by atoms with E-state index in [1.165, 1.54) is 12.0 Å². The summed E-state index contributed by atoms with van der Waals surface area (Å²) in [5.41, 5.74) is 2.33. The molecule has 0 aromatic heterocycles. The maximum Gasteiger partial charge on any atom is 0.0543 e. The fourth-order valence-corrected chi connectivity index (χ4v) is 2.65. The highest BCUT2D eigenvalue weighted by Crippen LogP contribution is 2.23. The fraction of sp³-hybridized carbons (Fsp3) is 0.500. The van der Waals surface area contributed by atoms with Gasteiger partial charge in [0.2, 0.25) is 0 Å². The molecule has 98 valence electrons. The number of hydrogen-bond acceptors (Lipinski definition) is 2. The summed E-state index contributed by atoms with van der Waals surface area (Å²) in [7, 11) is 0. The van der Waals surface area contributed by atoms with E-state index < -0.39 is 0 Å². The van der Waals surface area contributed by atoms with E-state index in [1.54, 1.807) is 0 Å². The summed E-state index contributed by atoms with van der Waals surface area (Å²) in [6.07, 6.45) is 4.25. The summed E-state index contributed by atoms with van der Waals surface area (Å²) in [6.45, 7) is 5.93.